The zero-order valence-corrected chi connectivity index (χ0v) is 5.94. The molecule has 1 saturated heterocycles. The lowest BCUT2D eigenvalue weighted by Gasteiger charge is -1.90. The topological polar surface area (TPSA) is 29.6 Å². The minimum atomic E-state index is -0.197. The quantitative estimate of drug-likeness (QED) is 0.467. The van der Waals surface area contributed by atoms with Crippen LogP contribution in [-0.4, -0.2) is 12.4 Å². The van der Waals surface area contributed by atoms with Crippen LogP contribution >= 0.6 is 0 Å². The normalized spacial score (nSPS) is 28.0. The number of epoxide rings is 1. The summed E-state index contributed by atoms with van der Waals surface area (Å²) in [6.07, 6.45) is 0.670. The van der Waals surface area contributed by atoms with Gasteiger partial charge in [-0.15, -0.1) is 0 Å². The molecular weight excluding hydrogens is 140 g/mol. The van der Waals surface area contributed by atoms with Crippen molar-refractivity contribution in [2.45, 2.75) is 12.2 Å². The van der Waals surface area contributed by atoms with Gasteiger partial charge in [0.15, 0.2) is 6.29 Å². The molecule has 1 aliphatic heterocycles. The Morgan fingerprint density at radius 3 is 2.55 bits per heavy atom. The van der Waals surface area contributed by atoms with Crippen LogP contribution in [0.2, 0.25) is 0 Å². The summed E-state index contributed by atoms with van der Waals surface area (Å²) in [6, 6.07) is 9.77. The van der Waals surface area contributed by atoms with Crippen molar-refractivity contribution in [1.29, 1.82) is 0 Å². The summed E-state index contributed by atoms with van der Waals surface area (Å²) in [5.74, 6) is 0. The van der Waals surface area contributed by atoms with Crippen LogP contribution in [0.1, 0.15) is 11.7 Å². The smallest absolute Gasteiger partial charge is 0.151 e. The molecule has 1 aliphatic rings. The van der Waals surface area contributed by atoms with Gasteiger partial charge < -0.3 is 9.53 Å². The largest absolute Gasteiger partial charge is 0.357 e. The van der Waals surface area contributed by atoms with E-state index in [2.05, 4.69) is 0 Å². The molecule has 1 unspecified atom stereocenters. The Morgan fingerprint density at radius 2 is 2.00 bits per heavy atom. The minimum absolute atomic E-state index is 0.0219. The highest BCUT2D eigenvalue weighted by atomic mass is 16.6. The number of ether oxygens (including phenoxy) is 1. The highest BCUT2D eigenvalue weighted by molar-refractivity contribution is 5.61. The predicted molar refractivity (Wildman–Crippen MR) is 40.1 cm³/mol. The maximum absolute atomic E-state index is 10.2. The van der Waals surface area contributed by atoms with Gasteiger partial charge in [-0.1, -0.05) is 30.3 Å². The first-order valence-corrected chi connectivity index (χ1v) is 3.57. The summed E-state index contributed by atoms with van der Waals surface area (Å²) in [5.41, 5.74) is 1.09. The summed E-state index contributed by atoms with van der Waals surface area (Å²) in [5, 5.41) is 0. The Labute approximate surface area is 64.8 Å². The van der Waals surface area contributed by atoms with Crippen molar-refractivity contribution in [3.05, 3.63) is 35.9 Å². The van der Waals surface area contributed by atoms with Crippen molar-refractivity contribution < 1.29 is 9.53 Å². The molecule has 0 bridgehead atoms. The van der Waals surface area contributed by atoms with Crippen LogP contribution in [-0.2, 0) is 9.53 Å². The van der Waals surface area contributed by atoms with E-state index in [1.54, 1.807) is 0 Å². The lowest BCUT2D eigenvalue weighted by atomic mass is 10.1. The lowest BCUT2D eigenvalue weighted by Crippen LogP contribution is -1.87. The van der Waals surface area contributed by atoms with Crippen molar-refractivity contribution in [1.82, 2.24) is 0 Å². The molecule has 11 heavy (non-hydrogen) atoms. The van der Waals surface area contributed by atoms with Crippen LogP contribution in [0.25, 0.3) is 0 Å². The molecule has 0 N–H and O–H groups in total. The maximum Gasteiger partial charge on any atom is 0.151 e. The second kappa shape index (κ2) is 2.47. The summed E-state index contributed by atoms with van der Waals surface area (Å²) in [6.45, 7) is 0. The molecule has 1 aromatic rings. The first-order chi connectivity index (χ1) is 5.42. The fourth-order valence-corrected chi connectivity index (χ4v) is 1.14. The summed E-state index contributed by atoms with van der Waals surface area (Å²) in [7, 11) is 0. The molecule has 2 nitrogen and oxygen atoms in total. The van der Waals surface area contributed by atoms with Gasteiger partial charge in [-0.3, -0.25) is 0 Å². The van der Waals surface area contributed by atoms with Gasteiger partial charge in [0.25, 0.3) is 0 Å². The number of aldehydes is 1. The first kappa shape index (κ1) is 6.55. The number of carbonyl (C=O) groups excluding carboxylic acids is 1. The van der Waals surface area contributed by atoms with Crippen molar-refractivity contribution >= 4 is 6.29 Å². The van der Waals surface area contributed by atoms with Crippen LogP contribution in [0.4, 0.5) is 0 Å². The zero-order chi connectivity index (χ0) is 7.68. The molecule has 1 aromatic carbocycles. The number of hydrogen-bond donors (Lipinski definition) is 0. The van der Waals surface area contributed by atoms with E-state index in [1.807, 2.05) is 30.3 Å². The molecular formula is C9H8O2. The van der Waals surface area contributed by atoms with Crippen molar-refractivity contribution in [2.24, 2.45) is 0 Å². The van der Waals surface area contributed by atoms with Gasteiger partial charge in [0, 0.05) is 0 Å². The second-order valence-corrected chi connectivity index (χ2v) is 2.57. The van der Waals surface area contributed by atoms with Gasteiger partial charge in [-0.2, -0.15) is 0 Å². The van der Waals surface area contributed by atoms with Crippen LogP contribution in [0.3, 0.4) is 0 Å². The molecule has 2 atom stereocenters. The summed E-state index contributed by atoms with van der Waals surface area (Å²) in [4.78, 5) is 10.2. The van der Waals surface area contributed by atoms with Crippen LogP contribution in [0, 0.1) is 0 Å². The Bertz CT molecular complexity index is 256. The lowest BCUT2D eigenvalue weighted by molar-refractivity contribution is -0.108. The monoisotopic (exact) mass is 148 g/mol. The third kappa shape index (κ3) is 1.17. The van der Waals surface area contributed by atoms with E-state index in [0.717, 1.165) is 11.8 Å². The fourth-order valence-electron chi connectivity index (χ4n) is 1.14. The van der Waals surface area contributed by atoms with Gasteiger partial charge in [0.2, 0.25) is 0 Å². The standard InChI is InChI=1S/C9H8O2/c10-6-8-9(11-8)7-4-2-1-3-5-7/h1-6,8-9H/t8-,9?/m1/s1. The van der Waals surface area contributed by atoms with E-state index >= 15 is 0 Å². The molecule has 0 saturated carbocycles. The van der Waals surface area contributed by atoms with E-state index in [9.17, 15) is 4.79 Å². The van der Waals surface area contributed by atoms with E-state index in [1.165, 1.54) is 0 Å². The van der Waals surface area contributed by atoms with Crippen LogP contribution in [0.5, 0.6) is 0 Å². The summed E-state index contributed by atoms with van der Waals surface area (Å²) >= 11 is 0. The highest BCUT2D eigenvalue weighted by Gasteiger charge is 2.39. The van der Waals surface area contributed by atoms with Crippen molar-refractivity contribution in [2.75, 3.05) is 0 Å². The van der Waals surface area contributed by atoms with E-state index in [-0.39, 0.29) is 12.2 Å². The molecule has 2 heteroatoms. The first-order valence-electron chi connectivity index (χ1n) is 3.57. The average molecular weight is 148 g/mol. The SMILES string of the molecule is O=C[C@H]1OC1c1ccccc1. The third-order valence-corrected chi connectivity index (χ3v) is 1.79. The van der Waals surface area contributed by atoms with Crippen molar-refractivity contribution in [3.8, 4) is 0 Å². The molecule has 1 fully saturated rings. The minimum Gasteiger partial charge on any atom is -0.357 e. The van der Waals surface area contributed by atoms with Gasteiger partial charge in [-0.05, 0) is 5.56 Å². The predicted octanol–water partition coefficient (Wildman–Crippen LogP) is 1.33. The Morgan fingerprint density at radius 1 is 1.27 bits per heavy atom. The van der Waals surface area contributed by atoms with Crippen LogP contribution in [0.15, 0.2) is 30.3 Å². The number of rotatable bonds is 2. The second-order valence-electron chi connectivity index (χ2n) is 2.57. The van der Waals surface area contributed by atoms with Gasteiger partial charge in [0.1, 0.15) is 12.2 Å². The molecule has 0 spiro atoms. The molecule has 56 valence electrons. The Hall–Kier alpha value is -1.15. The van der Waals surface area contributed by atoms with Crippen LogP contribution < -0.4 is 0 Å². The zero-order valence-electron chi connectivity index (χ0n) is 5.94. The van der Waals surface area contributed by atoms with Crippen molar-refractivity contribution in [3.63, 3.8) is 0 Å². The maximum atomic E-state index is 10.2. The molecule has 0 amide bonds. The number of hydrogen-bond acceptors (Lipinski definition) is 2. The molecule has 0 aromatic heterocycles. The molecule has 0 radical (unpaired) electrons. The number of carbonyl (C=O) groups is 1. The number of benzene rings is 1. The Kier molecular flexibility index (Phi) is 1.47. The Balaban J connectivity index is 2.14. The molecule has 2 rings (SSSR count). The highest BCUT2D eigenvalue weighted by Crippen LogP contribution is 2.36. The van der Waals surface area contributed by atoms with Gasteiger partial charge in [-0.25, -0.2) is 0 Å². The third-order valence-electron chi connectivity index (χ3n) is 1.79. The van der Waals surface area contributed by atoms with E-state index in [0.29, 0.717) is 0 Å². The molecule has 1 heterocycles. The fraction of sp³-hybridized carbons (Fsp3) is 0.222. The average Bonchev–Trinajstić information content (AvgIpc) is 2.85. The molecule has 0 aliphatic carbocycles. The van der Waals surface area contributed by atoms with Gasteiger partial charge >= 0.3 is 0 Å². The van der Waals surface area contributed by atoms with E-state index < -0.39 is 0 Å². The van der Waals surface area contributed by atoms with E-state index in [4.69, 9.17) is 4.74 Å². The van der Waals surface area contributed by atoms with Gasteiger partial charge in [0.05, 0.1) is 0 Å². The summed E-state index contributed by atoms with van der Waals surface area (Å²) < 4.78 is 5.08.